The fourth-order valence-corrected chi connectivity index (χ4v) is 11.7. The maximum atomic E-state index is 14.5. The van der Waals surface area contributed by atoms with E-state index in [2.05, 4.69) is 15.4 Å². The Bertz CT molecular complexity index is 2040. The van der Waals surface area contributed by atoms with Crippen molar-refractivity contribution in [3.63, 3.8) is 0 Å². The normalized spacial score (nSPS) is 20.2. The molecule has 2 aliphatic heterocycles. The zero-order chi connectivity index (χ0) is 52.9. The van der Waals surface area contributed by atoms with Crippen LogP contribution in [0.1, 0.15) is 105 Å². The molecule has 3 fully saturated rings. The summed E-state index contributed by atoms with van der Waals surface area (Å²) in [5.74, 6) is -3.21. The van der Waals surface area contributed by atoms with Crippen molar-refractivity contribution in [3.8, 4) is 5.75 Å². The third-order valence-corrected chi connectivity index (χ3v) is 16.7. The van der Waals surface area contributed by atoms with Crippen LogP contribution in [-0.2, 0) is 54.7 Å². The fourth-order valence-electron chi connectivity index (χ4n) is 10.2. The lowest BCUT2D eigenvalue weighted by Crippen LogP contribution is -2.59. The molecule has 5 amide bonds. The third kappa shape index (κ3) is 16.3. The largest absolute Gasteiger partial charge is 0.484 e. The summed E-state index contributed by atoms with van der Waals surface area (Å²) in [4.78, 5) is 87.6. The van der Waals surface area contributed by atoms with Crippen molar-refractivity contribution in [1.29, 1.82) is 0 Å². The van der Waals surface area contributed by atoms with Crippen LogP contribution in [0.15, 0.2) is 24.3 Å². The lowest BCUT2D eigenvalue weighted by atomic mass is 9.89. The van der Waals surface area contributed by atoms with Crippen LogP contribution in [0, 0.1) is 29.6 Å². The van der Waals surface area contributed by atoms with Gasteiger partial charge in [0.1, 0.15) is 11.8 Å². The number of methoxy groups -OCH3 is 2. The first-order valence-electron chi connectivity index (χ1n) is 25.6. The minimum absolute atomic E-state index is 0.0118. The summed E-state index contributed by atoms with van der Waals surface area (Å²) in [7, 11) is 4.85. The van der Waals surface area contributed by atoms with E-state index in [1.807, 2.05) is 60.5 Å². The van der Waals surface area contributed by atoms with Gasteiger partial charge in [-0.1, -0.05) is 67.0 Å². The van der Waals surface area contributed by atoms with Crippen molar-refractivity contribution in [3.05, 3.63) is 29.8 Å². The van der Waals surface area contributed by atoms with Gasteiger partial charge in [0.05, 0.1) is 53.8 Å². The minimum atomic E-state index is -3.58. The van der Waals surface area contributed by atoms with Gasteiger partial charge in [-0.2, -0.15) is 0 Å². The Morgan fingerprint density at radius 3 is 1.97 bits per heavy atom. The molecule has 20 heteroatoms. The molecule has 0 unspecified atom stereocenters. The summed E-state index contributed by atoms with van der Waals surface area (Å²) in [6.07, 6.45) is 2.72. The number of ether oxygens (including phenoxy) is 3. The Balaban J connectivity index is 1.45. The molecule has 0 radical (unpaired) electrons. The highest BCUT2D eigenvalue weighted by atomic mass is 32.2. The Labute approximate surface area is 422 Å². The van der Waals surface area contributed by atoms with E-state index in [-0.39, 0.29) is 73.3 Å². The van der Waals surface area contributed by atoms with Gasteiger partial charge in [0.15, 0.2) is 6.61 Å². The van der Waals surface area contributed by atoms with Crippen molar-refractivity contribution < 1.29 is 56.5 Å². The van der Waals surface area contributed by atoms with Crippen molar-refractivity contribution >= 4 is 45.5 Å². The average Bonchev–Trinajstić information content (AvgIpc) is 4.09. The van der Waals surface area contributed by atoms with E-state index in [1.165, 1.54) is 14.2 Å². The molecule has 0 aromatic heterocycles. The number of hydrogen-bond donors (Lipinski definition) is 4. The van der Waals surface area contributed by atoms with Crippen LogP contribution in [0.3, 0.4) is 0 Å². The van der Waals surface area contributed by atoms with Gasteiger partial charge in [-0.05, 0) is 94.5 Å². The highest BCUT2D eigenvalue weighted by Gasteiger charge is 2.44. The molecule has 3 aliphatic rings. The SMILES string of the molecule is CC[C@H](C)[C@@H]([C@@H](CC(=O)N1CCC[C@H]1[C@H](OC)[C@@H](C)C(=O)N[C@H](CNS(=O)(=O)C1CC1)Cc1ccc(OCC(=O)N2CCC(C(=O)O)CC2)cc1)OC)N(C)C(=O)[C@@H](NC(=O)[C@H](C(C)C)N(C)C)C(C)C. The molecule has 4 N–H and O–H groups in total. The number of piperidine rings is 1. The molecule has 71 heavy (non-hydrogen) atoms. The lowest BCUT2D eigenvalue weighted by Gasteiger charge is -2.41. The molecule has 1 aromatic rings. The number of aliphatic carboxylic acids is 1. The van der Waals surface area contributed by atoms with E-state index in [1.54, 1.807) is 52.9 Å². The molecular weight excluding hydrogens is 935 g/mol. The standard InChI is InChI=1S/C51H85N7O12S/c1-13-33(6)46(56(10)50(63)44(31(2)3)54-49(62)45(32(4)5)55(8)9)41(68-11)28-42(59)58-24-14-15-40(58)47(69-12)34(7)48(61)53-37(29-52-71(66,67)39-20-21-39)27-35-16-18-38(19-17-35)70-30-43(60)57-25-22-36(23-26-57)51(64)65/h16-19,31-34,36-37,39-41,44-47,52H,13-15,20-30H2,1-12H3,(H,53,61)(H,54,62)(H,64,65)/t33-,34+,37-,40-,41+,44-,45-,46-,47+/m0/s1. The summed E-state index contributed by atoms with van der Waals surface area (Å²) in [5, 5.41) is 14.9. The minimum Gasteiger partial charge on any atom is -0.484 e. The highest BCUT2D eigenvalue weighted by Crippen LogP contribution is 2.31. The predicted octanol–water partition coefficient (Wildman–Crippen LogP) is 3.15. The second-order valence-corrected chi connectivity index (χ2v) is 22.9. The van der Waals surface area contributed by atoms with E-state index in [0.717, 1.165) is 5.56 Å². The first-order chi connectivity index (χ1) is 33.4. The number of likely N-dealkylation sites (tertiary alicyclic amines) is 2. The fraction of sp³-hybridized carbons (Fsp3) is 0.765. The van der Waals surface area contributed by atoms with Crippen molar-refractivity contribution in [2.75, 3.05) is 68.1 Å². The van der Waals surface area contributed by atoms with E-state index in [9.17, 15) is 42.3 Å². The van der Waals surface area contributed by atoms with Gasteiger partial charge < -0.3 is 44.7 Å². The number of carbonyl (C=O) groups excluding carboxylic acids is 5. The van der Waals surface area contributed by atoms with Gasteiger partial charge in [-0.25, -0.2) is 13.1 Å². The number of hydrogen-bond acceptors (Lipinski definition) is 12. The van der Waals surface area contributed by atoms with Crippen LogP contribution in [0.25, 0.3) is 0 Å². The summed E-state index contributed by atoms with van der Waals surface area (Å²) < 4.78 is 46.5. The Morgan fingerprint density at radius 2 is 1.45 bits per heavy atom. The van der Waals surface area contributed by atoms with Gasteiger partial charge >= 0.3 is 5.97 Å². The second-order valence-electron chi connectivity index (χ2n) is 20.9. The molecule has 1 aromatic carbocycles. The highest BCUT2D eigenvalue weighted by molar-refractivity contribution is 7.90. The first kappa shape index (κ1) is 59.2. The number of likely N-dealkylation sites (N-methyl/N-ethyl adjacent to an activating group) is 2. The topological polar surface area (TPSA) is 234 Å². The van der Waals surface area contributed by atoms with Crippen LogP contribution in [0.5, 0.6) is 5.75 Å². The number of benzene rings is 1. The van der Waals surface area contributed by atoms with Crippen LogP contribution in [-0.4, -0.2) is 184 Å². The van der Waals surface area contributed by atoms with Gasteiger partial charge in [0, 0.05) is 53.5 Å². The zero-order valence-corrected chi connectivity index (χ0v) is 45.2. The third-order valence-electron chi connectivity index (χ3n) is 14.8. The monoisotopic (exact) mass is 1020 g/mol. The number of nitrogens with one attached hydrogen (secondary N) is 3. The second kappa shape index (κ2) is 27.1. The number of carbonyl (C=O) groups is 6. The molecule has 2 heterocycles. The molecule has 0 bridgehead atoms. The number of nitrogens with zero attached hydrogens (tertiary/aromatic N) is 4. The summed E-state index contributed by atoms with van der Waals surface area (Å²) in [6.45, 7) is 14.4. The summed E-state index contributed by atoms with van der Waals surface area (Å²) in [5.41, 5.74) is 0.781. The number of sulfonamides is 1. The number of carboxylic acid groups (broad SMARTS) is 1. The number of carboxylic acids is 1. The molecule has 19 nitrogen and oxygen atoms in total. The van der Waals surface area contributed by atoms with Crippen LogP contribution >= 0.6 is 0 Å². The summed E-state index contributed by atoms with van der Waals surface area (Å²) in [6, 6.07) is 4.11. The maximum absolute atomic E-state index is 14.5. The molecule has 2 saturated heterocycles. The van der Waals surface area contributed by atoms with Gasteiger partial charge in [-0.15, -0.1) is 0 Å². The van der Waals surface area contributed by atoms with Gasteiger partial charge in [0.25, 0.3) is 5.91 Å². The van der Waals surface area contributed by atoms with E-state index in [4.69, 9.17) is 14.2 Å². The van der Waals surface area contributed by atoms with Crippen molar-refractivity contribution in [1.82, 2.24) is 35.0 Å². The first-order valence-corrected chi connectivity index (χ1v) is 27.1. The molecule has 0 spiro atoms. The predicted molar refractivity (Wildman–Crippen MR) is 270 cm³/mol. The van der Waals surface area contributed by atoms with E-state index < -0.39 is 75.5 Å². The van der Waals surface area contributed by atoms with Crippen LogP contribution < -0.4 is 20.1 Å². The van der Waals surface area contributed by atoms with Crippen molar-refractivity contribution in [2.24, 2.45) is 29.6 Å². The maximum Gasteiger partial charge on any atom is 0.306 e. The lowest BCUT2D eigenvalue weighted by molar-refractivity contribution is -0.148. The van der Waals surface area contributed by atoms with Crippen LogP contribution in [0.2, 0.25) is 0 Å². The quantitative estimate of drug-likeness (QED) is 0.0947. The number of amides is 5. The smallest absolute Gasteiger partial charge is 0.306 e. The number of rotatable bonds is 28. The Morgan fingerprint density at radius 1 is 0.817 bits per heavy atom. The van der Waals surface area contributed by atoms with Crippen molar-refractivity contribution in [2.45, 2.75) is 154 Å². The Kier molecular flexibility index (Phi) is 22.6. The average molecular weight is 1020 g/mol. The molecule has 9 atom stereocenters. The van der Waals surface area contributed by atoms with E-state index in [0.29, 0.717) is 70.3 Å². The summed E-state index contributed by atoms with van der Waals surface area (Å²) >= 11 is 0. The molecular formula is C51H85N7O12S. The van der Waals surface area contributed by atoms with Crippen LogP contribution in [0.4, 0.5) is 0 Å². The van der Waals surface area contributed by atoms with E-state index >= 15 is 0 Å². The molecule has 1 aliphatic carbocycles. The molecule has 402 valence electrons. The Hall–Kier alpha value is -4.37. The molecule has 1 saturated carbocycles. The zero-order valence-electron chi connectivity index (χ0n) is 44.3. The molecule has 4 rings (SSSR count). The van der Waals surface area contributed by atoms with Gasteiger partial charge in [0.2, 0.25) is 33.7 Å². The van der Waals surface area contributed by atoms with Gasteiger partial charge in [-0.3, -0.25) is 33.7 Å².